The lowest BCUT2D eigenvalue weighted by atomic mass is 10.0. The van der Waals surface area contributed by atoms with Gasteiger partial charge in [-0.25, -0.2) is 4.39 Å². The van der Waals surface area contributed by atoms with Gasteiger partial charge in [0.2, 0.25) is 5.91 Å². The lowest BCUT2D eigenvalue weighted by Gasteiger charge is -2.41. The number of hydrogen-bond donors (Lipinski definition) is 1. The first-order valence-electron chi connectivity index (χ1n) is 8.76. The molecular weight excluding hydrogens is 361 g/mol. The number of benzene rings is 1. The molecule has 2 aliphatic rings. The third kappa shape index (κ3) is 4.86. The minimum Gasteiger partial charge on any atom is -0.481 e. The maximum atomic E-state index is 13.2. The molecule has 0 spiro atoms. The number of amides is 2. The van der Waals surface area contributed by atoms with Gasteiger partial charge in [-0.3, -0.25) is 9.59 Å². The van der Waals surface area contributed by atoms with Gasteiger partial charge in [0.05, 0.1) is 6.54 Å². The molecule has 2 fully saturated rings. The molecule has 1 aromatic carbocycles. The van der Waals surface area contributed by atoms with Gasteiger partial charge in [0.25, 0.3) is 5.91 Å². The highest BCUT2D eigenvalue weighted by Crippen LogP contribution is 2.20. The number of rotatable bonds is 4. The molecule has 2 aliphatic heterocycles. The molecule has 2 heterocycles. The Labute approximate surface area is 159 Å². The Balaban J connectivity index is 0.00000243. The van der Waals surface area contributed by atoms with Crippen LogP contribution in [0.15, 0.2) is 24.3 Å². The SMILES string of the molecule is CC(Oc1cccc(F)c1)C(=O)N1CCCC(N2CCNCC2=O)C1.Cl. The van der Waals surface area contributed by atoms with Crippen molar-refractivity contribution in [2.24, 2.45) is 0 Å². The van der Waals surface area contributed by atoms with Crippen molar-refractivity contribution >= 4 is 24.2 Å². The number of ether oxygens (including phenoxy) is 1. The predicted molar refractivity (Wildman–Crippen MR) is 97.9 cm³/mol. The molecule has 2 unspecified atom stereocenters. The molecule has 3 rings (SSSR count). The van der Waals surface area contributed by atoms with Crippen molar-refractivity contribution in [3.63, 3.8) is 0 Å². The highest BCUT2D eigenvalue weighted by atomic mass is 35.5. The van der Waals surface area contributed by atoms with E-state index in [9.17, 15) is 14.0 Å². The van der Waals surface area contributed by atoms with Crippen LogP contribution < -0.4 is 10.1 Å². The van der Waals surface area contributed by atoms with Crippen LogP contribution in [0.3, 0.4) is 0 Å². The molecule has 8 heteroatoms. The molecule has 144 valence electrons. The molecule has 1 N–H and O–H groups in total. The first-order valence-corrected chi connectivity index (χ1v) is 8.76. The molecule has 0 radical (unpaired) electrons. The summed E-state index contributed by atoms with van der Waals surface area (Å²) in [7, 11) is 0. The van der Waals surface area contributed by atoms with Crippen molar-refractivity contribution in [3.05, 3.63) is 30.1 Å². The maximum absolute atomic E-state index is 13.2. The lowest BCUT2D eigenvalue weighted by molar-refractivity contribution is -0.144. The van der Waals surface area contributed by atoms with Crippen LogP contribution in [0.2, 0.25) is 0 Å². The number of piperazine rings is 1. The molecule has 0 aliphatic carbocycles. The van der Waals surface area contributed by atoms with Crippen molar-refractivity contribution < 1.29 is 18.7 Å². The Morgan fingerprint density at radius 2 is 2.19 bits per heavy atom. The van der Waals surface area contributed by atoms with E-state index in [2.05, 4.69) is 5.32 Å². The summed E-state index contributed by atoms with van der Waals surface area (Å²) in [5.41, 5.74) is 0. The van der Waals surface area contributed by atoms with E-state index >= 15 is 0 Å². The van der Waals surface area contributed by atoms with Crippen molar-refractivity contribution in [2.75, 3.05) is 32.7 Å². The summed E-state index contributed by atoms with van der Waals surface area (Å²) in [6, 6.07) is 5.84. The average Bonchev–Trinajstić information content (AvgIpc) is 2.61. The van der Waals surface area contributed by atoms with Gasteiger partial charge in [-0.05, 0) is 31.9 Å². The Kier molecular flexibility index (Phi) is 7.23. The van der Waals surface area contributed by atoms with E-state index < -0.39 is 11.9 Å². The molecule has 26 heavy (non-hydrogen) atoms. The van der Waals surface area contributed by atoms with Crippen LogP contribution in [0.4, 0.5) is 4.39 Å². The van der Waals surface area contributed by atoms with Crippen molar-refractivity contribution in [3.8, 4) is 5.75 Å². The van der Waals surface area contributed by atoms with Crippen molar-refractivity contribution in [1.82, 2.24) is 15.1 Å². The van der Waals surface area contributed by atoms with Crippen LogP contribution in [0.5, 0.6) is 5.75 Å². The zero-order chi connectivity index (χ0) is 17.8. The number of carbonyl (C=O) groups is 2. The average molecular weight is 386 g/mol. The minimum atomic E-state index is -0.695. The molecule has 0 aromatic heterocycles. The second kappa shape index (κ2) is 9.19. The number of hydrogen-bond acceptors (Lipinski definition) is 4. The Bertz CT molecular complexity index is 646. The minimum absolute atomic E-state index is 0. The Hall–Kier alpha value is -1.86. The smallest absolute Gasteiger partial charge is 0.263 e. The second-order valence-corrected chi connectivity index (χ2v) is 6.56. The molecule has 1 aromatic rings. The summed E-state index contributed by atoms with van der Waals surface area (Å²) < 4.78 is 18.8. The summed E-state index contributed by atoms with van der Waals surface area (Å²) >= 11 is 0. The predicted octanol–water partition coefficient (Wildman–Crippen LogP) is 1.44. The van der Waals surface area contributed by atoms with Gasteiger partial charge in [-0.2, -0.15) is 0 Å². The van der Waals surface area contributed by atoms with Crippen LogP contribution in [-0.4, -0.2) is 66.5 Å². The van der Waals surface area contributed by atoms with Crippen LogP contribution >= 0.6 is 12.4 Å². The quantitative estimate of drug-likeness (QED) is 0.852. The number of likely N-dealkylation sites (tertiary alicyclic amines) is 1. The van der Waals surface area contributed by atoms with Gasteiger partial charge < -0.3 is 19.9 Å². The van der Waals surface area contributed by atoms with Crippen molar-refractivity contribution in [1.29, 1.82) is 0 Å². The largest absolute Gasteiger partial charge is 0.481 e. The van der Waals surface area contributed by atoms with Gasteiger partial charge in [-0.15, -0.1) is 12.4 Å². The summed E-state index contributed by atoms with van der Waals surface area (Å²) in [5.74, 6) is -0.0924. The standard InChI is InChI=1S/C18H24FN3O3.ClH/c1-13(25-16-6-2-4-14(19)10-16)18(24)21-8-3-5-15(12-21)22-9-7-20-11-17(22)23;/h2,4,6,10,13,15,20H,3,5,7-9,11-12H2,1H3;1H. The van der Waals surface area contributed by atoms with E-state index in [1.807, 2.05) is 4.90 Å². The summed E-state index contributed by atoms with van der Waals surface area (Å²) in [4.78, 5) is 28.4. The van der Waals surface area contributed by atoms with E-state index in [0.717, 1.165) is 19.4 Å². The first kappa shape index (κ1) is 20.5. The highest BCUT2D eigenvalue weighted by Gasteiger charge is 2.33. The molecular formula is C18H25ClFN3O3. The first-order chi connectivity index (χ1) is 12.0. The summed E-state index contributed by atoms with van der Waals surface area (Å²) in [6.45, 7) is 4.69. The third-order valence-electron chi connectivity index (χ3n) is 4.73. The molecule has 2 amide bonds. The van der Waals surface area contributed by atoms with Gasteiger partial charge in [0, 0.05) is 38.3 Å². The van der Waals surface area contributed by atoms with Gasteiger partial charge in [-0.1, -0.05) is 6.07 Å². The zero-order valence-corrected chi connectivity index (χ0v) is 15.6. The van der Waals surface area contributed by atoms with E-state index in [-0.39, 0.29) is 30.3 Å². The molecule has 2 atom stereocenters. The number of carbonyl (C=O) groups excluding carboxylic acids is 2. The fraction of sp³-hybridized carbons (Fsp3) is 0.556. The topological polar surface area (TPSA) is 61.9 Å². The van der Waals surface area contributed by atoms with Gasteiger partial charge in [0.15, 0.2) is 6.10 Å². The van der Waals surface area contributed by atoms with Crippen LogP contribution in [0, 0.1) is 5.82 Å². The fourth-order valence-corrected chi connectivity index (χ4v) is 3.47. The molecule has 2 saturated heterocycles. The normalized spacial score (nSPS) is 21.8. The Morgan fingerprint density at radius 3 is 2.92 bits per heavy atom. The van der Waals surface area contributed by atoms with Crippen LogP contribution in [-0.2, 0) is 9.59 Å². The number of nitrogens with one attached hydrogen (secondary N) is 1. The highest BCUT2D eigenvalue weighted by molar-refractivity contribution is 5.85. The molecule has 0 bridgehead atoms. The molecule has 6 nitrogen and oxygen atoms in total. The second-order valence-electron chi connectivity index (χ2n) is 6.56. The van der Waals surface area contributed by atoms with Gasteiger partial charge in [0.1, 0.15) is 11.6 Å². The fourth-order valence-electron chi connectivity index (χ4n) is 3.47. The maximum Gasteiger partial charge on any atom is 0.263 e. The number of nitrogens with zero attached hydrogens (tertiary/aromatic N) is 2. The van der Waals surface area contributed by atoms with Crippen LogP contribution in [0.1, 0.15) is 19.8 Å². The summed E-state index contributed by atoms with van der Waals surface area (Å²) in [5, 5.41) is 3.07. The van der Waals surface area contributed by atoms with E-state index in [1.165, 1.54) is 12.1 Å². The van der Waals surface area contributed by atoms with Crippen LogP contribution in [0.25, 0.3) is 0 Å². The summed E-state index contributed by atoms with van der Waals surface area (Å²) in [6.07, 6.45) is 1.08. The molecule has 0 saturated carbocycles. The third-order valence-corrected chi connectivity index (χ3v) is 4.73. The van der Waals surface area contributed by atoms with Gasteiger partial charge >= 0.3 is 0 Å². The van der Waals surface area contributed by atoms with E-state index in [1.54, 1.807) is 24.0 Å². The van der Waals surface area contributed by atoms with E-state index in [0.29, 0.717) is 31.9 Å². The van der Waals surface area contributed by atoms with E-state index in [4.69, 9.17) is 4.74 Å². The Morgan fingerprint density at radius 1 is 1.38 bits per heavy atom. The number of halogens is 2. The lowest BCUT2D eigenvalue weighted by Crippen LogP contribution is -2.58. The number of piperidine rings is 1. The van der Waals surface area contributed by atoms with Crippen molar-refractivity contribution in [2.45, 2.75) is 31.9 Å². The zero-order valence-electron chi connectivity index (χ0n) is 14.8. The monoisotopic (exact) mass is 385 g/mol.